The molecule has 0 saturated carbocycles. The molecule has 3 rings (SSSR count). The highest BCUT2D eigenvalue weighted by Crippen LogP contribution is 2.27. The predicted molar refractivity (Wildman–Crippen MR) is 104 cm³/mol. The molecule has 0 aliphatic carbocycles. The number of rotatable bonds is 5. The second-order valence-electron chi connectivity index (χ2n) is 6.55. The second-order valence-corrected chi connectivity index (χ2v) is 7.47. The molecule has 0 bridgehead atoms. The molecule has 29 heavy (non-hydrogen) atoms. The van der Waals surface area contributed by atoms with Crippen molar-refractivity contribution in [3.8, 4) is 0 Å². The maximum atomic E-state index is 13.5. The maximum Gasteiger partial charge on any atom is 0.333 e. The summed E-state index contributed by atoms with van der Waals surface area (Å²) in [6.45, 7) is -0.0538. The van der Waals surface area contributed by atoms with Crippen molar-refractivity contribution in [1.29, 1.82) is 0 Å². The van der Waals surface area contributed by atoms with Gasteiger partial charge in [0.2, 0.25) is 11.8 Å². The molecular formula is C20H17BrF2N2O4. The molecular weight excluding hydrogens is 450 g/mol. The van der Waals surface area contributed by atoms with Gasteiger partial charge >= 0.3 is 5.97 Å². The molecule has 1 heterocycles. The third kappa shape index (κ3) is 4.79. The number of nitrogens with zero attached hydrogens (tertiary/aromatic N) is 1. The lowest BCUT2D eigenvalue weighted by atomic mass is 10.0. The van der Waals surface area contributed by atoms with Crippen LogP contribution in [0, 0.1) is 17.6 Å². The number of carbonyl (C=O) groups is 3. The van der Waals surface area contributed by atoms with Crippen molar-refractivity contribution < 1.29 is 27.9 Å². The number of anilines is 1. The van der Waals surface area contributed by atoms with Crippen LogP contribution in [0.25, 0.3) is 0 Å². The molecule has 1 aliphatic rings. The molecule has 2 unspecified atom stereocenters. The maximum absolute atomic E-state index is 13.5. The molecule has 2 aromatic carbocycles. The van der Waals surface area contributed by atoms with E-state index in [0.717, 1.165) is 21.5 Å². The van der Waals surface area contributed by atoms with E-state index < -0.39 is 41.4 Å². The molecule has 0 spiro atoms. The Morgan fingerprint density at radius 3 is 2.38 bits per heavy atom. The van der Waals surface area contributed by atoms with E-state index in [4.69, 9.17) is 4.74 Å². The number of hydrogen-bond donors (Lipinski definition) is 1. The summed E-state index contributed by atoms with van der Waals surface area (Å²) < 4.78 is 32.5. The van der Waals surface area contributed by atoms with Crippen molar-refractivity contribution >= 4 is 39.4 Å². The van der Waals surface area contributed by atoms with E-state index in [1.165, 1.54) is 7.11 Å². The van der Waals surface area contributed by atoms with Crippen LogP contribution in [0.5, 0.6) is 0 Å². The smallest absolute Gasteiger partial charge is 0.333 e. The summed E-state index contributed by atoms with van der Waals surface area (Å²) in [5.41, 5.74) is 0.557. The zero-order valence-corrected chi connectivity index (χ0v) is 16.9. The summed E-state index contributed by atoms with van der Waals surface area (Å²) in [4.78, 5) is 38.3. The molecule has 6 nitrogen and oxygen atoms in total. The van der Waals surface area contributed by atoms with Gasteiger partial charge in [-0.2, -0.15) is 0 Å². The van der Waals surface area contributed by atoms with Gasteiger partial charge in [0.15, 0.2) is 6.04 Å². The van der Waals surface area contributed by atoms with E-state index in [-0.39, 0.29) is 18.7 Å². The fraction of sp³-hybridized carbons (Fsp3) is 0.250. The zero-order valence-electron chi connectivity index (χ0n) is 15.3. The number of carbonyl (C=O) groups excluding carboxylic acids is 3. The summed E-state index contributed by atoms with van der Waals surface area (Å²) in [7, 11) is 1.21. The van der Waals surface area contributed by atoms with E-state index in [9.17, 15) is 23.2 Å². The molecule has 0 radical (unpaired) electrons. The Bertz CT molecular complexity index is 932. The Morgan fingerprint density at radius 1 is 1.17 bits per heavy atom. The van der Waals surface area contributed by atoms with Gasteiger partial charge in [-0.05, 0) is 29.8 Å². The first kappa shape index (κ1) is 20.9. The van der Waals surface area contributed by atoms with Gasteiger partial charge in [0.1, 0.15) is 11.6 Å². The van der Waals surface area contributed by atoms with E-state index in [1.807, 2.05) is 0 Å². The summed E-state index contributed by atoms with van der Waals surface area (Å²) >= 11 is 3.30. The van der Waals surface area contributed by atoms with Crippen LogP contribution >= 0.6 is 15.9 Å². The van der Waals surface area contributed by atoms with Crippen LogP contribution < -0.4 is 10.2 Å². The van der Waals surface area contributed by atoms with E-state index in [0.29, 0.717) is 11.6 Å². The zero-order chi connectivity index (χ0) is 21.1. The number of nitrogens with one attached hydrogen (secondary N) is 1. The molecule has 152 valence electrons. The minimum atomic E-state index is -1.05. The van der Waals surface area contributed by atoms with Gasteiger partial charge in [-0.15, -0.1) is 0 Å². The average molecular weight is 467 g/mol. The van der Waals surface area contributed by atoms with Gasteiger partial charge in [0.05, 0.1) is 13.0 Å². The van der Waals surface area contributed by atoms with Crippen molar-refractivity contribution in [2.75, 3.05) is 18.6 Å². The quantitative estimate of drug-likeness (QED) is 0.686. The Morgan fingerprint density at radius 2 is 1.79 bits per heavy atom. The van der Waals surface area contributed by atoms with E-state index in [1.54, 1.807) is 24.3 Å². The van der Waals surface area contributed by atoms with Crippen LogP contribution in [-0.4, -0.2) is 31.4 Å². The highest BCUT2D eigenvalue weighted by Gasteiger charge is 2.37. The number of benzene rings is 2. The van der Waals surface area contributed by atoms with Crippen LogP contribution in [0.1, 0.15) is 18.0 Å². The molecule has 0 aromatic heterocycles. The molecule has 2 amide bonds. The van der Waals surface area contributed by atoms with Crippen LogP contribution in [-0.2, 0) is 19.1 Å². The van der Waals surface area contributed by atoms with Gasteiger partial charge in [0.25, 0.3) is 0 Å². The van der Waals surface area contributed by atoms with Crippen molar-refractivity contribution in [3.63, 3.8) is 0 Å². The fourth-order valence-corrected chi connectivity index (χ4v) is 3.40. The molecule has 2 atom stereocenters. The largest absolute Gasteiger partial charge is 0.467 e. The Hall–Kier alpha value is -2.81. The first-order valence-corrected chi connectivity index (χ1v) is 9.48. The van der Waals surface area contributed by atoms with Crippen molar-refractivity contribution in [1.82, 2.24) is 5.32 Å². The Labute approximate surface area is 174 Å². The van der Waals surface area contributed by atoms with Gasteiger partial charge in [-0.25, -0.2) is 13.6 Å². The van der Waals surface area contributed by atoms with Crippen molar-refractivity contribution in [2.45, 2.75) is 12.5 Å². The second kappa shape index (κ2) is 8.69. The molecule has 1 saturated heterocycles. The van der Waals surface area contributed by atoms with Crippen molar-refractivity contribution in [3.05, 3.63) is 64.1 Å². The first-order chi connectivity index (χ1) is 13.8. The lowest BCUT2D eigenvalue weighted by Gasteiger charge is -2.20. The fourth-order valence-electron chi connectivity index (χ4n) is 3.14. The highest BCUT2D eigenvalue weighted by molar-refractivity contribution is 9.10. The summed E-state index contributed by atoms with van der Waals surface area (Å²) in [6, 6.07) is 8.47. The van der Waals surface area contributed by atoms with Gasteiger partial charge < -0.3 is 15.0 Å². The Kier molecular flexibility index (Phi) is 6.26. The summed E-state index contributed by atoms with van der Waals surface area (Å²) in [5, 5.41) is 2.60. The normalized spacial score (nSPS) is 17.2. The van der Waals surface area contributed by atoms with Gasteiger partial charge in [-0.1, -0.05) is 28.1 Å². The van der Waals surface area contributed by atoms with Gasteiger partial charge in [0, 0.05) is 29.2 Å². The van der Waals surface area contributed by atoms with Gasteiger partial charge in [-0.3, -0.25) is 9.59 Å². The minimum Gasteiger partial charge on any atom is -0.467 e. The topological polar surface area (TPSA) is 75.7 Å². The molecule has 1 aliphatic heterocycles. The number of ether oxygens (including phenoxy) is 1. The SMILES string of the molecule is COC(=O)C(NC(=O)C1CC(=O)N(c2cc(F)cc(F)c2)C1)c1ccc(Br)cc1. The predicted octanol–water partition coefficient (Wildman–Crippen LogP) is 3.11. The third-order valence-corrected chi connectivity index (χ3v) is 5.11. The number of methoxy groups -OCH3 is 1. The molecule has 2 aromatic rings. The lowest BCUT2D eigenvalue weighted by Crippen LogP contribution is -2.39. The number of amides is 2. The highest BCUT2D eigenvalue weighted by atomic mass is 79.9. The molecule has 1 N–H and O–H groups in total. The van der Waals surface area contributed by atoms with Crippen LogP contribution in [0.3, 0.4) is 0 Å². The molecule has 1 fully saturated rings. The van der Waals surface area contributed by atoms with Crippen molar-refractivity contribution in [2.24, 2.45) is 5.92 Å². The summed E-state index contributed by atoms with van der Waals surface area (Å²) in [5.74, 6) is -4.04. The number of hydrogen-bond acceptors (Lipinski definition) is 4. The monoisotopic (exact) mass is 466 g/mol. The van der Waals surface area contributed by atoms with Crippen LogP contribution in [0.4, 0.5) is 14.5 Å². The summed E-state index contributed by atoms with van der Waals surface area (Å²) in [6.07, 6.45) is -0.141. The molecule has 9 heteroatoms. The number of halogens is 3. The Balaban J connectivity index is 1.76. The lowest BCUT2D eigenvalue weighted by molar-refractivity contribution is -0.145. The average Bonchev–Trinajstić information content (AvgIpc) is 3.07. The standard InChI is InChI=1S/C20H17BrF2N2O4/c1-29-20(28)18(11-2-4-13(21)5-3-11)24-19(27)12-6-17(26)25(10-12)16-8-14(22)7-15(23)9-16/h2-5,7-9,12,18H,6,10H2,1H3,(H,24,27). The van der Waals surface area contributed by atoms with E-state index >= 15 is 0 Å². The van der Waals surface area contributed by atoms with Crippen LogP contribution in [0.15, 0.2) is 46.9 Å². The minimum absolute atomic E-state index is 0.0419. The number of esters is 1. The first-order valence-electron chi connectivity index (χ1n) is 8.68. The van der Waals surface area contributed by atoms with E-state index in [2.05, 4.69) is 21.2 Å². The third-order valence-electron chi connectivity index (χ3n) is 4.58. The van der Waals surface area contributed by atoms with Crippen LogP contribution in [0.2, 0.25) is 0 Å².